The summed E-state index contributed by atoms with van der Waals surface area (Å²) >= 11 is 1.50. The molecule has 2 amide bonds. The third kappa shape index (κ3) is 7.52. The number of allylic oxidation sites excluding steroid dienone is 1. The van der Waals surface area contributed by atoms with Crippen LogP contribution < -0.4 is 10.4 Å². The largest absolute Gasteiger partial charge is 0.508 e. The standard InChI is InChI=1S/C43H49NO6SSi/c1-29(24-30-18-20-32(46)21-19-30)17-22-38(47)39-31(25-36-40(37(39)27-45)42(49)44(41(36)48)26-33-12-11-23-51-33)28-50-52(43(2,3)4,34-13-7-5-8-14-34)35-15-9-6-10-16-35/h5-16,18-21,23-24,36-38,40,45-47H,17,22,25-28H2,1-4H3/b29-24+/t36-,37+,38-,40-/m1/s1. The van der Waals surface area contributed by atoms with Crippen LogP contribution in [0.2, 0.25) is 5.04 Å². The number of nitrogens with zero attached hydrogens (tertiary/aromatic N) is 1. The third-order valence-electron chi connectivity index (χ3n) is 10.7. The summed E-state index contributed by atoms with van der Waals surface area (Å²) in [5.41, 5.74) is 3.40. The molecule has 1 aliphatic heterocycles. The second-order valence-electron chi connectivity index (χ2n) is 15.1. The first-order valence-electron chi connectivity index (χ1n) is 18.0. The summed E-state index contributed by atoms with van der Waals surface area (Å²) in [7, 11) is -3.00. The Morgan fingerprint density at radius 3 is 2.13 bits per heavy atom. The molecule has 9 heteroatoms. The monoisotopic (exact) mass is 735 g/mol. The molecule has 6 rings (SSSR count). The molecule has 1 saturated heterocycles. The zero-order valence-electron chi connectivity index (χ0n) is 30.4. The van der Waals surface area contributed by atoms with Gasteiger partial charge in [0.1, 0.15) is 5.75 Å². The second kappa shape index (κ2) is 15.9. The Morgan fingerprint density at radius 2 is 1.58 bits per heavy atom. The Hall–Kier alpha value is -4.12. The summed E-state index contributed by atoms with van der Waals surface area (Å²) in [5.74, 6) is -2.45. The van der Waals surface area contributed by atoms with Crippen LogP contribution in [0.15, 0.2) is 119 Å². The highest BCUT2D eigenvalue weighted by Gasteiger charge is 2.56. The van der Waals surface area contributed by atoms with Gasteiger partial charge in [0.25, 0.3) is 8.32 Å². The fourth-order valence-corrected chi connectivity index (χ4v) is 13.5. The van der Waals surface area contributed by atoms with Crippen molar-refractivity contribution in [3.05, 3.63) is 130 Å². The summed E-state index contributed by atoms with van der Waals surface area (Å²) in [6.07, 6.45) is 2.27. The van der Waals surface area contributed by atoms with Gasteiger partial charge >= 0.3 is 0 Å². The second-order valence-corrected chi connectivity index (χ2v) is 20.5. The van der Waals surface area contributed by atoms with Crippen LogP contribution in [0.25, 0.3) is 6.08 Å². The fraction of sp³-hybridized carbons (Fsp3) is 0.349. The normalized spacial score (nSPS) is 20.4. The number of phenolic OH excluding ortho intramolecular Hbond substituents is 1. The lowest BCUT2D eigenvalue weighted by Crippen LogP contribution is -2.66. The molecule has 0 saturated carbocycles. The fourth-order valence-electron chi connectivity index (χ4n) is 8.28. The van der Waals surface area contributed by atoms with Gasteiger partial charge in [0.05, 0.1) is 37.7 Å². The minimum Gasteiger partial charge on any atom is -0.508 e. The molecule has 4 aromatic rings. The predicted octanol–water partition coefficient (Wildman–Crippen LogP) is 6.68. The van der Waals surface area contributed by atoms with Crippen molar-refractivity contribution in [3.63, 3.8) is 0 Å². The van der Waals surface area contributed by atoms with E-state index in [4.69, 9.17) is 4.43 Å². The van der Waals surface area contributed by atoms with Crippen molar-refractivity contribution in [2.45, 2.75) is 64.6 Å². The summed E-state index contributed by atoms with van der Waals surface area (Å²) < 4.78 is 7.36. The predicted molar refractivity (Wildman–Crippen MR) is 210 cm³/mol. The topological polar surface area (TPSA) is 107 Å². The quantitative estimate of drug-likeness (QED) is 0.0804. The van der Waals surface area contributed by atoms with Crippen LogP contribution in [-0.4, -0.2) is 59.7 Å². The van der Waals surface area contributed by atoms with Crippen LogP contribution in [0.5, 0.6) is 5.75 Å². The van der Waals surface area contributed by atoms with Crippen molar-refractivity contribution < 1.29 is 29.3 Å². The summed E-state index contributed by atoms with van der Waals surface area (Å²) in [5, 5.41) is 36.7. The van der Waals surface area contributed by atoms with E-state index >= 15 is 0 Å². The Labute approximate surface area is 312 Å². The van der Waals surface area contributed by atoms with E-state index in [0.717, 1.165) is 32.0 Å². The number of imide groups is 1. The molecule has 3 N–H and O–H groups in total. The molecule has 0 bridgehead atoms. The van der Waals surface area contributed by atoms with Crippen LogP contribution in [0, 0.1) is 17.8 Å². The van der Waals surface area contributed by atoms with Gasteiger partial charge in [0, 0.05) is 10.8 Å². The van der Waals surface area contributed by atoms with Gasteiger partial charge in [-0.3, -0.25) is 14.5 Å². The Morgan fingerprint density at radius 1 is 0.942 bits per heavy atom. The molecule has 2 heterocycles. The molecule has 7 nitrogen and oxygen atoms in total. The van der Waals surface area contributed by atoms with Gasteiger partial charge in [-0.1, -0.05) is 111 Å². The molecule has 0 radical (unpaired) electrons. The van der Waals surface area contributed by atoms with Gasteiger partial charge in [0.2, 0.25) is 11.8 Å². The van der Waals surface area contributed by atoms with Crippen molar-refractivity contribution in [1.82, 2.24) is 4.90 Å². The zero-order valence-corrected chi connectivity index (χ0v) is 32.2. The maximum absolute atomic E-state index is 14.1. The van der Waals surface area contributed by atoms with Crippen LogP contribution >= 0.6 is 11.3 Å². The maximum atomic E-state index is 14.1. The van der Waals surface area contributed by atoms with Crippen molar-refractivity contribution in [2.75, 3.05) is 13.2 Å². The highest BCUT2D eigenvalue weighted by Crippen LogP contribution is 2.47. The number of aliphatic hydroxyl groups is 2. The number of likely N-dealkylation sites (tertiary alicyclic amines) is 1. The van der Waals surface area contributed by atoms with E-state index in [0.29, 0.717) is 18.4 Å². The smallest absolute Gasteiger partial charge is 0.261 e. The van der Waals surface area contributed by atoms with E-state index in [1.807, 2.05) is 79.0 Å². The zero-order chi connectivity index (χ0) is 37.0. The van der Waals surface area contributed by atoms with Crippen molar-refractivity contribution >= 4 is 47.9 Å². The summed E-state index contributed by atoms with van der Waals surface area (Å²) in [4.78, 5) is 30.4. The number of aromatic hydroxyl groups is 1. The van der Waals surface area contributed by atoms with Crippen LogP contribution in [0.1, 0.15) is 57.4 Å². The highest BCUT2D eigenvalue weighted by atomic mass is 32.1. The Balaban J connectivity index is 1.39. The van der Waals surface area contributed by atoms with Crippen molar-refractivity contribution in [3.8, 4) is 5.75 Å². The first kappa shape index (κ1) is 37.6. The maximum Gasteiger partial charge on any atom is 0.261 e. The van der Waals surface area contributed by atoms with Crippen molar-refractivity contribution in [2.24, 2.45) is 17.8 Å². The van der Waals surface area contributed by atoms with Gasteiger partial charge in [-0.15, -0.1) is 11.3 Å². The number of carbonyl (C=O) groups is 2. The van der Waals surface area contributed by atoms with Gasteiger partial charge < -0.3 is 19.7 Å². The van der Waals surface area contributed by atoms with E-state index in [2.05, 4.69) is 45.0 Å². The number of thiophene rings is 1. The molecule has 2 aliphatic rings. The first-order valence-corrected chi connectivity index (χ1v) is 20.8. The molecule has 1 aromatic heterocycles. The number of aliphatic hydroxyl groups excluding tert-OH is 2. The Kier molecular flexibility index (Phi) is 11.5. The van der Waals surface area contributed by atoms with E-state index in [9.17, 15) is 24.9 Å². The van der Waals surface area contributed by atoms with E-state index in [-0.39, 0.29) is 48.8 Å². The molecule has 4 atom stereocenters. The minimum absolute atomic E-state index is 0.161. The average Bonchev–Trinajstić information content (AvgIpc) is 3.74. The first-order chi connectivity index (χ1) is 24.9. The molecule has 272 valence electrons. The molecular formula is C43H49NO6SSi. The number of rotatable bonds is 13. The lowest BCUT2D eigenvalue weighted by atomic mass is 9.68. The summed E-state index contributed by atoms with van der Waals surface area (Å²) in [6.45, 7) is 8.62. The lowest BCUT2D eigenvalue weighted by Gasteiger charge is -2.44. The highest BCUT2D eigenvalue weighted by molar-refractivity contribution is 7.09. The molecule has 52 heavy (non-hydrogen) atoms. The molecule has 3 aromatic carbocycles. The molecule has 1 aliphatic carbocycles. The minimum atomic E-state index is -3.00. The van der Waals surface area contributed by atoms with Gasteiger partial charge in [-0.05, 0) is 81.9 Å². The van der Waals surface area contributed by atoms with Crippen LogP contribution in [0.4, 0.5) is 0 Å². The molecule has 1 fully saturated rings. The number of hydrogen-bond donors (Lipinski definition) is 3. The van der Waals surface area contributed by atoms with E-state index in [1.165, 1.54) is 16.2 Å². The third-order valence-corrected chi connectivity index (χ3v) is 16.6. The van der Waals surface area contributed by atoms with Gasteiger partial charge in [0.15, 0.2) is 0 Å². The number of fused-ring (bicyclic) bond motifs is 1. The summed E-state index contributed by atoms with van der Waals surface area (Å²) in [6, 6.07) is 31.5. The average molecular weight is 736 g/mol. The van der Waals surface area contributed by atoms with Crippen molar-refractivity contribution in [1.29, 1.82) is 0 Å². The Bertz CT molecular complexity index is 1860. The molecular weight excluding hydrogens is 687 g/mol. The van der Waals surface area contributed by atoms with Gasteiger partial charge in [-0.2, -0.15) is 0 Å². The van der Waals surface area contributed by atoms with E-state index < -0.39 is 32.2 Å². The molecule has 0 spiro atoms. The number of benzene rings is 3. The number of carbonyl (C=O) groups excluding carboxylic acids is 2. The van der Waals surface area contributed by atoms with Crippen LogP contribution in [0.3, 0.4) is 0 Å². The van der Waals surface area contributed by atoms with E-state index in [1.54, 1.807) is 12.1 Å². The molecule has 0 unspecified atom stereocenters. The number of amides is 2. The SMILES string of the molecule is C/C(=C\c1ccc(O)cc1)CC[C@@H](O)C1=C(CO[Si](c2ccccc2)(c2ccccc2)C(C)(C)C)C[C@H]2C(=O)N(Cc3cccs3)C(=O)[C@H]2[C@H]1CO. The van der Waals surface area contributed by atoms with Gasteiger partial charge in [-0.25, -0.2) is 0 Å². The lowest BCUT2D eigenvalue weighted by molar-refractivity contribution is -0.140. The van der Waals surface area contributed by atoms with Crippen LogP contribution in [-0.2, 0) is 20.6 Å². The number of phenols is 1. The number of hydrogen-bond acceptors (Lipinski definition) is 7.